The molecule has 2 aromatic rings. The molecule has 0 atom stereocenters. The van der Waals surface area contributed by atoms with E-state index < -0.39 is 6.10 Å². The summed E-state index contributed by atoms with van der Waals surface area (Å²) in [5.74, 6) is -0.527. The quantitative estimate of drug-likeness (QED) is 0.695. The van der Waals surface area contributed by atoms with E-state index in [1.54, 1.807) is 59.9 Å². The molecule has 0 aliphatic rings. The van der Waals surface area contributed by atoms with Crippen molar-refractivity contribution in [1.29, 1.82) is 0 Å². The summed E-state index contributed by atoms with van der Waals surface area (Å²) < 4.78 is 3.39. The van der Waals surface area contributed by atoms with Gasteiger partial charge in [-0.05, 0) is 24.3 Å². The fourth-order valence-corrected chi connectivity index (χ4v) is 2.07. The highest BCUT2D eigenvalue weighted by Gasteiger charge is 2.13. The number of aliphatic hydroxyl groups excluding tert-OH is 1. The predicted octanol–water partition coefficient (Wildman–Crippen LogP) is -0.116. The molecule has 0 aliphatic carbocycles. The van der Waals surface area contributed by atoms with Crippen LogP contribution in [-0.4, -0.2) is 45.2 Å². The minimum Gasteiger partial charge on any atom is -0.389 e. The number of aromatic nitrogens is 2. The van der Waals surface area contributed by atoms with Crippen molar-refractivity contribution < 1.29 is 14.7 Å². The van der Waals surface area contributed by atoms with Gasteiger partial charge in [-0.25, -0.2) is 0 Å². The molecule has 7 heteroatoms. The number of carbonyl (C=O) groups excluding carboxylic acids is 2. The lowest BCUT2D eigenvalue weighted by atomic mass is 10.3. The van der Waals surface area contributed by atoms with E-state index in [4.69, 9.17) is 0 Å². The molecule has 0 fully saturated rings. The minimum absolute atomic E-state index is 0.0669. The molecule has 0 saturated carbocycles. The highest BCUT2D eigenvalue weighted by Crippen LogP contribution is 2.00. The molecule has 7 nitrogen and oxygen atoms in total. The lowest BCUT2D eigenvalue weighted by Crippen LogP contribution is -2.40. The van der Waals surface area contributed by atoms with Gasteiger partial charge in [0.05, 0.1) is 6.10 Å². The van der Waals surface area contributed by atoms with Gasteiger partial charge in [-0.1, -0.05) is 0 Å². The van der Waals surface area contributed by atoms with E-state index >= 15 is 0 Å². The summed E-state index contributed by atoms with van der Waals surface area (Å²) in [6.45, 7) is 0.134. The van der Waals surface area contributed by atoms with Crippen molar-refractivity contribution in [1.82, 2.24) is 19.8 Å². The Kier molecular flexibility index (Phi) is 5.00. The summed E-state index contributed by atoms with van der Waals surface area (Å²) in [7, 11) is 3.54. The van der Waals surface area contributed by atoms with Crippen LogP contribution in [-0.2, 0) is 14.1 Å². The second-order valence-electron chi connectivity index (χ2n) is 5.08. The van der Waals surface area contributed by atoms with E-state index in [0.29, 0.717) is 11.4 Å². The van der Waals surface area contributed by atoms with E-state index in [1.165, 1.54) is 0 Å². The van der Waals surface area contributed by atoms with Gasteiger partial charge in [0.2, 0.25) is 0 Å². The maximum absolute atomic E-state index is 11.9. The number of aliphatic hydroxyl groups is 1. The normalized spacial score (nSPS) is 10.7. The molecule has 0 aliphatic heterocycles. The summed E-state index contributed by atoms with van der Waals surface area (Å²) in [6.07, 6.45) is 2.69. The largest absolute Gasteiger partial charge is 0.389 e. The van der Waals surface area contributed by atoms with Crippen LogP contribution in [0.5, 0.6) is 0 Å². The van der Waals surface area contributed by atoms with Crippen molar-refractivity contribution >= 4 is 11.8 Å². The SMILES string of the molecule is Cn1cccc1C(=O)NCC(O)CNC(=O)c1cccn1C. The molecule has 2 amide bonds. The first kappa shape index (κ1) is 15.8. The topological polar surface area (TPSA) is 88.3 Å². The first-order chi connectivity index (χ1) is 10.5. The predicted molar refractivity (Wildman–Crippen MR) is 81.5 cm³/mol. The molecule has 118 valence electrons. The number of hydrogen-bond donors (Lipinski definition) is 3. The zero-order chi connectivity index (χ0) is 16.1. The van der Waals surface area contributed by atoms with E-state index in [9.17, 15) is 14.7 Å². The van der Waals surface area contributed by atoms with Crippen LogP contribution in [0.25, 0.3) is 0 Å². The summed E-state index contributed by atoms with van der Waals surface area (Å²) in [5, 5.41) is 15.1. The number of nitrogens with zero attached hydrogens (tertiary/aromatic N) is 2. The van der Waals surface area contributed by atoms with Gasteiger partial charge in [0.1, 0.15) is 11.4 Å². The van der Waals surface area contributed by atoms with Gasteiger partial charge in [0.25, 0.3) is 11.8 Å². The monoisotopic (exact) mass is 304 g/mol. The fourth-order valence-electron chi connectivity index (χ4n) is 2.07. The Morgan fingerprint density at radius 1 is 1.00 bits per heavy atom. The Labute approximate surface area is 128 Å². The van der Waals surface area contributed by atoms with Gasteiger partial charge in [-0.3, -0.25) is 9.59 Å². The van der Waals surface area contributed by atoms with Crippen LogP contribution in [0.2, 0.25) is 0 Å². The van der Waals surface area contributed by atoms with Crippen LogP contribution in [0, 0.1) is 0 Å². The molecule has 0 spiro atoms. The van der Waals surface area contributed by atoms with Crippen LogP contribution >= 0.6 is 0 Å². The lowest BCUT2D eigenvalue weighted by molar-refractivity contribution is 0.0877. The number of aryl methyl sites for hydroxylation is 2. The van der Waals surface area contributed by atoms with Gasteiger partial charge in [-0.2, -0.15) is 0 Å². The smallest absolute Gasteiger partial charge is 0.267 e. The van der Waals surface area contributed by atoms with Crippen LogP contribution in [0.15, 0.2) is 36.7 Å². The second-order valence-corrected chi connectivity index (χ2v) is 5.08. The van der Waals surface area contributed by atoms with Crippen molar-refractivity contribution in [2.45, 2.75) is 6.10 Å². The average Bonchev–Trinajstić information content (AvgIpc) is 3.10. The van der Waals surface area contributed by atoms with Crippen LogP contribution in [0.4, 0.5) is 0 Å². The average molecular weight is 304 g/mol. The highest BCUT2D eigenvalue weighted by molar-refractivity contribution is 5.93. The molecule has 3 N–H and O–H groups in total. The number of rotatable bonds is 6. The molecular formula is C15H20N4O3. The number of carbonyl (C=O) groups is 2. The van der Waals surface area contributed by atoms with Gasteiger partial charge in [0, 0.05) is 39.6 Å². The Balaban J connectivity index is 1.75. The number of nitrogens with one attached hydrogen (secondary N) is 2. The fraction of sp³-hybridized carbons (Fsp3) is 0.333. The van der Waals surface area contributed by atoms with Gasteiger partial charge < -0.3 is 24.9 Å². The number of hydrogen-bond acceptors (Lipinski definition) is 3. The van der Waals surface area contributed by atoms with Crippen molar-refractivity contribution in [3.05, 3.63) is 48.0 Å². The summed E-state index contributed by atoms with van der Waals surface area (Å²) >= 11 is 0. The standard InChI is InChI=1S/C15H20N4O3/c1-18-7-3-5-12(18)14(21)16-9-11(20)10-17-15(22)13-6-4-8-19(13)2/h3-8,11,20H,9-10H2,1-2H3,(H,16,21)(H,17,22). The van der Waals surface area contributed by atoms with Crippen LogP contribution < -0.4 is 10.6 Å². The Morgan fingerprint density at radius 2 is 1.41 bits per heavy atom. The zero-order valence-electron chi connectivity index (χ0n) is 12.6. The summed E-state index contributed by atoms with van der Waals surface area (Å²) in [6, 6.07) is 6.93. The van der Waals surface area contributed by atoms with Gasteiger partial charge in [-0.15, -0.1) is 0 Å². The number of amides is 2. The highest BCUT2D eigenvalue weighted by atomic mass is 16.3. The third kappa shape index (κ3) is 3.76. The molecule has 2 aromatic heterocycles. The molecule has 0 saturated heterocycles. The van der Waals surface area contributed by atoms with E-state index in [2.05, 4.69) is 10.6 Å². The molecular weight excluding hydrogens is 284 g/mol. The van der Waals surface area contributed by atoms with Crippen molar-refractivity contribution in [2.75, 3.05) is 13.1 Å². The van der Waals surface area contributed by atoms with E-state index in [1.807, 2.05) is 0 Å². The zero-order valence-corrected chi connectivity index (χ0v) is 12.6. The van der Waals surface area contributed by atoms with Crippen molar-refractivity contribution in [2.24, 2.45) is 14.1 Å². The van der Waals surface area contributed by atoms with E-state index in [-0.39, 0.29) is 24.9 Å². The molecule has 0 bridgehead atoms. The van der Waals surface area contributed by atoms with Gasteiger partial charge >= 0.3 is 0 Å². The van der Waals surface area contributed by atoms with Gasteiger partial charge in [0.15, 0.2) is 0 Å². The molecule has 22 heavy (non-hydrogen) atoms. The van der Waals surface area contributed by atoms with Crippen molar-refractivity contribution in [3.8, 4) is 0 Å². The Bertz CT molecular complexity index is 603. The maximum atomic E-state index is 11.9. The third-order valence-corrected chi connectivity index (χ3v) is 3.35. The molecule has 0 aromatic carbocycles. The third-order valence-electron chi connectivity index (χ3n) is 3.35. The first-order valence-corrected chi connectivity index (χ1v) is 6.96. The molecule has 0 unspecified atom stereocenters. The van der Waals surface area contributed by atoms with Crippen LogP contribution in [0.3, 0.4) is 0 Å². The molecule has 0 radical (unpaired) electrons. The first-order valence-electron chi connectivity index (χ1n) is 6.96. The summed E-state index contributed by atoms with van der Waals surface area (Å²) in [4.78, 5) is 23.7. The van der Waals surface area contributed by atoms with Crippen molar-refractivity contribution in [3.63, 3.8) is 0 Å². The Hall–Kier alpha value is -2.54. The Morgan fingerprint density at radius 3 is 1.73 bits per heavy atom. The van der Waals surface area contributed by atoms with Crippen LogP contribution in [0.1, 0.15) is 21.0 Å². The van der Waals surface area contributed by atoms with E-state index in [0.717, 1.165) is 0 Å². The molecule has 2 rings (SSSR count). The molecule has 2 heterocycles. The second kappa shape index (κ2) is 6.95. The lowest BCUT2D eigenvalue weighted by Gasteiger charge is -2.13. The minimum atomic E-state index is -0.853. The summed E-state index contributed by atoms with van der Waals surface area (Å²) in [5.41, 5.74) is 1.03. The maximum Gasteiger partial charge on any atom is 0.267 e.